The molecule has 0 saturated heterocycles. The molecule has 1 heterocycles. The van der Waals surface area contributed by atoms with E-state index in [1.807, 2.05) is 18.2 Å². The fraction of sp³-hybridized carbons (Fsp3) is 0.133. The van der Waals surface area contributed by atoms with Crippen LogP contribution in [0.25, 0.3) is 11.3 Å². The largest absolute Gasteiger partial charge is 0.497 e. The van der Waals surface area contributed by atoms with Gasteiger partial charge >= 0.3 is 0 Å². The number of hydrogen-bond acceptors (Lipinski definition) is 4. The second kappa shape index (κ2) is 5.73. The van der Waals surface area contributed by atoms with Gasteiger partial charge in [-0.2, -0.15) is 10.5 Å². The number of ether oxygens (including phenoxy) is 1. The summed E-state index contributed by atoms with van der Waals surface area (Å²) in [5, 5.41) is 17.8. The molecule has 2 aromatic rings. The third kappa shape index (κ3) is 2.38. The normalized spacial score (nSPS) is 9.55. The zero-order chi connectivity index (χ0) is 14.5. The van der Waals surface area contributed by atoms with Gasteiger partial charge in [0.1, 0.15) is 23.9 Å². The van der Waals surface area contributed by atoms with Crippen LogP contribution in [0, 0.1) is 22.7 Å². The number of aromatic nitrogens is 1. The Morgan fingerprint density at radius 2 is 2.05 bits per heavy atom. The number of methoxy groups -OCH3 is 1. The highest BCUT2D eigenvalue weighted by Crippen LogP contribution is 2.23. The smallest absolute Gasteiger partial charge is 0.269 e. The van der Waals surface area contributed by atoms with Crippen molar-refractivity contribution in [1.29, 1.82) is 10.5 Å². The molecule has 0 fully saturated rings. The number of rotatable bonds is 3. The molecule has 1 aromatic carbocycles. The minimum atomic E-state index is -0.464. The van der Waals surface area contributed by atoms with Gasteiger partial charge in [-0.1, -0.05) is 12.1 Å². The Hall–Kier alpha value is -3.05. The molecule has 0 saturated carbocycles. The fourth-order valence-corrected chi connectivity index (χ4v) is 1.93. The Labute approximate surface area is 115 Å². The maximum Gasteiger partial charge on any atom is 0.269 e. The van der Waals surface area contributed by atoms with Crippen LogP contribution >= 0.6 is 0 Å². The number of hydrogen-bond donors (Lipinski definition) is 0. The summed E-state index contributed by atoms with van der Waals surface area (Å²) in [4.78, 5) is 12.1. The minimum Gasteiger partial charge on any atom is -0.497 e. The van der Waals surface area contributed by atoms with Crippen molar-refractivity contribution in [3.05, 3.63) is 52.3 Å². The van der Waals surface area contributed by atoms with Crippen molar-refractivity contribution in [3.8, 4) is 29.1 Å². The van der Waals surface area contributed by atoms with E-state index in [-0.39, 0.29) is 12.1 Å². The van der Waals surface area contributed by atoms with Crippen molar-refractivity contribution in [2.45, 2.75) is 6.54 Å². The van der Waals surface area contributed by atoms with Crippen LogP contribution in [0.2, 0.25) is 0 Å². The highest BCUT2D eigenvalue weighted by atomic mass is 16.5. The first-order valence-corrected chi connectivity index (χ1v) is 5.86. The Bertz CT molecular complexity index is 779. The molecule has 0 aliphatic carbocycles. The van der Waals surface area contributed by atoms with Gasteiger partial charge in [-0.15, -0.1) is 0 Å². The zero-order valence-electron chi connectivity index (χ0n) is 10.8. The van der Waals surface area contributed by atoms with Gasteiger partial charge < -0.3 is 4.74 Å². The van der Waals surface area contributed by atoms with Gasteiger partial charge in [0.25, 0.3) is 5.56 Å². The molecule has 5 heteroatoms. The molecule has 0 atom stereocenters. The fourth-order valence-electron chi connectivity index (χ4n) is 1.93. The molecule has 0 N–H and O–H groups in total. The second-order valence-corrected chi connectivity index (χ2v) is 4.03. The summed E-state index contributed by atoms with van der Waals surface area (Å²) in [5.74, 6) is 0.655. The first-order chi connectivity index (χ1) is 9.71. The number of nitrogens with zero attached hydrogens (tertiary/aromatic N) is 3. The molecule has 2 rings (SSSR count). The third-order valence-electron chi connectivity index (χ3n) is 2.89. The van der Waals surface area contributed by atoms with E-state index < -0.39 is 5.56 Å². The molecule has 0 radical (unpaired) electrons. The van der Waals surface area contributed by atoms with Crippen molar-refractivity contribution >= 4 is 0 Å². The van der Waals surface area contributed by atoms with E-state index in [1.54, 1.807) is 31.4 Å². The lowest BCUT2D eigenvalue weighted by Crippen LogP contribution is -2.23. The molecule has 0 aliphatic rings. The maximum absolute atomic E-state index is 12.1. The van der Waals surface area contributed by atoms with Crippen LogP contribution in [0.3, 0.4) is 0 Å². The van der Waals surface area contributed by atoms with Gasteiger partial charge in [0.05, 0.1) is 18.9 Å². The predicted molar refractivity (Wildman–Crippen MR) is 73.0 cm³/mol. The van der Waals surface area contributed by atoms with Crippen LogP contribution in [-0.2, 0) is 6.54 Å². The van der Waals surface area contributed by atoms with Gasteiger partial charge in [0.15, 0.2) is 0 Å². The SMILES string of the molecule is COc1cccc(-c2ccc(C#N)c(=O)n2CC#N)c1. The molecule has 5 nitrogen and oxygen atoms in total. The number of pyridine rings is 1. The van der Waals surface area contributed by atoms with Crippen LogP contribution in [-0.4, -0.2) is 11.7 Å². The summed E-state index contributed by atoms with van der Waals surface area (Å²) in [6.07, 6.45) is 0. The summed E-state index contributed by atoms with van der Waals surface area (Å²) < 4.78 is 6.43. The van der Waals surface area contributed by atoms with E-state index in [0.717, 1.165) is 5.56 Å². The summed E-state index contributed by atoms with van der Waals surface area (Å²) in [6.45, 7) is -0.110. The molecule has 20 heavy (non-hydrogen) atoms. The molecule has 0 unspecified atom stereocenters. The van der Waals surface area contributed by atoms with Crippen LogP contribution in [0.1, 0.15) is 5.56 Å². The van der Waals surface area contributed by atoms with Gasteiger partial charge in [-0.3, -0.25) is 9.36 Å². The van der Waals surface area contributed by atoms with Crippen LogP contribution in [0.5, 0.6) is 5.75 Å². The second-order valence-electron chi connectivity index (χ2n) is 4.03. The van der Waals surface area contributed by atoms with Gasteiger partial charge in [0, 0.05) is 5.56 Å². The summed E-state index contributed by atoms with van der Waals surface area (Å²) in [5.41, 5.74) is 0.886. The zero-order valence-corrected chi connectivity index (χ0v) is 10.8. The van der Waals surface area contributed by atoms with Crippen molar-refractivity contribution in [2.24, 2.45) is 0 Å². The number of nitriles is 2. The lowest BCUT2D eigenvalue weighted by Gasteiger charge is -2.11. The summed E-state index contributed by atoms with van der Waals surface area (Å²) in [6, 6.07) is 14.1. The van der Waals surface area contributed by atoms with Gasteiger partial charge in [-0.05, 0) is 24.3 Å². The monoisotopic (exact) mass is 265 g/mol. The van der Waals surface area contributed by atoms with Crippen LogP contribution in [0.15, 0.2) is 41.2 Å². The van der Waals surface area contributed by atoms with E-state index in [4.69, 9.17) is 15.3 Å². The molecule has 0 bridgehead atoms. The van der Waals surface area contributed by atoms with E-state index >= 15 is 0 Å². The Balaban J connectivity index is 2.68. The molecular formula is C15H11N3O2. The van der Waals surface area contributed by atoms with Crippen LogP contribution < -0.4 is 10.3 Å². The average Bonchev–Trinajstić information content (AvgIpc) is 2.49. The average molecular weight is 265 g/mol. The van der Waals surface area contributed by atoms with E-state index in [1.165, 1.54) is 10.6 Å². The first kappa shape index (κ1) is 13.4. The van der Waals surface area contributed by atoms with Crippen molar-refractivity contribution in [3.63, 3.8) is 0 Å². The molecule has 0 spiro atoms. The topological polar surface area (TPSA) is 78.8 Å². The predicted octanol–water partition coefficient (Wildman–Crippen LogP) is 1.92. The maximum atomic E-state index is 12.1. The lowest BCUT2D eigenvalue weighted by atomic mass is 10.1. The number of benzene rings is 1. The molecular weight excluding hydrogens is 254 g/mol. The molecule has 1 aromatic heterocycles. The van der Waals surface area contributed by atoms with E-state index in [2.05, 4.69) is 0 Å². The lowest BCUT2D eigenvalue weighted by molar-refractivity contribution is 0.415. The Kier molecular flexibility index (Phi) is 3.83. The third-order valence-corrected chi connectivity index (χ3v) is 2.89. The van der Waals surface area contributed by atoms with E-state index in [9.17, 15) is 4.79 Å². The van der Waals surface area contributed by atoms with Gasteiger partial charge in [-0.25, -0.2) is 0 Å². The van der Waals surface area contributed by atoms with E-state index in [0.29, 0.717) is 11.4 Å². The molecule has 0 amide bonds. The van der Waals surface area contributed by atoms with Crippen molar-refractivity contribution < 1.29 is 4.74 Å². The quantitative estimate of drug-likeness (QED) is 0.849. The van der Waals surface area contributed by atoms with Crippen molar-refractivity contribution in [2.75, 3.05) is 7.11 Å². The Morgan fingerprint density at radius 1 is 1.25 bits per heavy atom. The summed E-state index contributed by atoms with van der Waals surface area (Å²) >= 11 is 0. The Morgan fingerprint density at radius 3 is 2.70 bits per heavy atom. The van der Waals surface area contributed by atoms with Gasteiger partial charge in [0.2, 0.25) is 0 Å². The first-order valence-electron chi connectivity index (χ1n) is 5.86. The van der Waals surface area contributed by atoms with Crippen molar-refractivity contribution in [1.82, 2.24) is 4.57 Å². The minimum absolute atomic E-state index is 0.0203. The summed E-state index contributed by atoms with van der Waals surface area (Å²) in [7, 11) is 1.56. The highest BCUT2D eigenvalue weighted by Gasteiger charge is 2.10. The highest BCUT2D eigenvalue weighted by molar-refractivity contribution is 5.62. The molecule has 98 valence electrons. The van der Waals surface area contributed by atoms with Crippen LogP contribution in [0.4, 0.5) is 0 Å². The molecule has 0 aliphatic heterocycles. The standard InChI is InChI=1S/C15H11N3O2/c1-20-13-4-2-3-11(9-13)14-6-5-12(10-17)15(19)18(14)8-7-16/h2-6,9H,8H2,1H3.